The van der Waals surface area contributed by atoms with E-state index in [0.717, 1.165) is 25.1 Å². The van der Waals surface area contributed by atoms with Gasteiger partial charge in [0, 0.05) is 29.9 Å². The van der Waals surface area contributed by atoms with E-state index < -0.39 is 0 Å². The quantitative estimate of drug-likeness (QED) is 0.460. The van der Waals surface area contributed by atoms with Gasteiger partial charge >= 0.3 is 0 Å². The molecule has 0 aliphatic rings. The molecule has 130 valence electrons. The highest BCUT2D eigenvalue weighted by Gasteiger charge is 2.12. The summed E-state index contributed by atoms with van der Waals surface area (Å²) in [5.41, 5.74) is 2.59. The number of aromatic nitrogens is 2. The largest absolute Gasteiger partial charge is 0.336 e. The van der Waals surface area contributed by atoms with Gasteiger partial charge in [0.2, 0.25) is 0 Å². The van der Waals surface area contributed by atoms with Crippen molar-refractivity contribution in [1.29, 1.82) is 0 Å². The van der Waals surface area contributed by atoms with Crippen LogP contribution in [0.2, 0.25) is 10.0 Å². The minimum atomic E-state index is 0.504. The number of nitrogens with zero attached hydrogens (tertiary/aromatic N) is 2. The lowest BCUT2D eigenvalue weighted by atomic mass is 10.1. The maximum atomic E-state index is 6.13. The molecule has 0 saturated heterocycles. The van der Waals surface area contributed by atoms with Crippen LogP contribution in [0, 0.1) is 0 Å². The zero-order chi connectivity index (χ0) is 17.5. The topological polar surface area (TPSA) is 17.8 Å². The zero-order valence-electron chi connectivity index (χ0n) is 13.8. The number of aryl methyl sites for hydroxylation is 1. The second-order valence-corrected chi connectivity index (χ2v) is 8.07. The van der Waals surface area contributed by atoms with E-state index in [4.69, 9.17) is 23.2 Å². The summed E-state index contributed by atoms with van der Waals surface area (Å²) in [4.78, 5) is 4.15. The molecule has 0 saturated carbocycles. The molecule has 3 rings (SSSR count). The van der Waals surface area contributed by atoms with Crippen LogP contribution >= 0.6 is 35.0 Å². The van der Waals surface area contributed by atoms with Crippen LogP contribution in [0.15, 0.2) is 67.3 Å². The minimum Gasteiger partial charge on any atom is -0.336 e. The van der Waals surface area contributed by atoms with Crippen molar-refractivity contribution in [1.82, 2.24) is 9.55 Å². The number of benzene rings is 2. The maximum absolute atomic E-state index is 6.13. The van der Waals surface area contributed by atoms with Crippen LogP contribution in [0.5, 0.6) is 0 Å². The molecule has 0 aliphatic heterocycles. The standard InChI is InChI=1S/C20H20Cl2N2S/c21-19-9-7-17(12-20(19)22)14-25-18(13-24-11-10-23-15-24)8-6-16-4-2-1-3-5-16/h1-5,7,9-12,15,18H,6,8,13-14H2. The molecule has 5 heteroatoms. The zero-order valence-corrected chi connectivity index (χ0v) is 16.1. The molecule has 0 N–H and O–H groups in total. The van der Waals surface area contributed by atoms with E-state index in [1.807, 2.05) is 48.7 Å². The highest BCUT2D eigenvalue weighted by Crippen LogP contribution is 2.28. The normalized spacial score (nSPS) is 12.2. The number of hydrogen-bond donors (Lipinski definition) is 0. The molecule has 0 radical (unpaired) electrons. The van der Waals surface area contributed by atoms with Crippen molar-refractivity contribution in [2.45, 2.75) is 30.4 Å². The lowest BCUT2D eigenvalue weighted by molar-refractivity contribution is 0.624. The second-order valence-electron chi connectivity index (χ2n) is 5.97. The van der Waals surface area contributed by atoms with Crippen LogP contribution in [0.1, 0.15) is 17.5 Å². The van der Waals surface area contributed by atoms with Crippen LogP contribution < -0.4 is 0 Å². The third-order valence-electron chi connectivity index (χ3n) is 4.04. The van der Waals surface area contributed by atoms with Crippen molar-refractivity contribution in [2.24, 2.45) is 0 Å². The van der Waals surface area contributed by atoms with Crippen LogP contribution in [-0.2, 0) is 18.7 Å². The van der Waals surface area contributed by atoms with Gasteiger partial charge in [0.25, 0.3) is 0 Å². The molecule has 2 aromatic carbocycles. The first kappa shape index (κ1) is 18.4. The highest BCUT2D eigenvalue weighted by molar-refractivity contribution is 7.99. The van der Waals surface area contributed by atoms with Gasteiger partial charge in [-0.15, -0.1) is 0 Å². The molecule has 0 amide bonds. The molecule has 1 atom stereocenters. The van der Waals surface area contributed by atoms with Gasteiger partial charge in [-0.3, -0.25) is 0 Å². The maximum Gasteiger partial charge on any atom is 0.0946 e. The lowest BCUT2D eigenvalue weighted by Crippen LogP contribution is -2.13. The van der Waals surface area contributed by atoms with E-state index in [0.29, 0.717) is 15.3 Å². The number of halogens is 2. The van der Waals surface area contributed by atoms with Crippen molar-refractivity contribution in [3.63, 3.8) is 0 Å². The summed E-state index contributed by atoms with van der Waals surface area (Å²) in [5.74, 6) is 0.922. The van der Waals surface area contributed by atoms with Gasteiger partial charge in [0.15, 0.2) is 0 Å². The fourth-order valence-electron chi connectivity index (χ4n) is 2.67. The number of rotatable bonds is 8. The minimum absolute atomic E-state index is 0.504. The first-order valence-corrected chi connectivity index (χ1v) is 10.1. The average Bonchev–Trinajstić information content (AvgIpc) is 3.14. The monoisotopic (exact) mass is 390 g/mol. The van der Waals surface area contributed by atoms with Crippen LogP contribution in [0.4, 0.5) is 0 Å². The van der Waals surface area contributed by atoms with Crippen molar-refractivity contribution in [3.8, 4) is 0 Å². The fraction of sp³-hybridized carbons (Fsp3) is 0.250. The summed E-state index contributed by atoms with van der Waals surface area (Å²) >= 11 is 14.1. The lowest BCUT2D eigenvalue weighted by Gasteiger charge is -2.17. The van der Waals surface area contributed by atoms with E-state index in [1.54, 1.807) is 0 Å². The van der Waals surface area contributed by atoms with Crippen LogP contribution in [0.3, 0.4) is 0 Å². The molecule has 3 aromatic rings. The third-order valence-corrected chi connectivity index (χ3v) is 6.14. The van der Waals surface area contributed by atoms with E-state index >= 15 is 0 Å². The first-order chi connectivity index (χ1) is 12.2. The van der Waals surface area contributed by atoms with Gasteiger partial charge in [-0.1, -0.05) is 59.6 Å². The Morgan fingerprint density at radius 1 is 1.00 bits per heavy atom. The summed E-state index contributed by atoms with van der Waals surface area (Å²) < 4.78 is 2.15. The number of imidazole rings is 1. The van der Waals surface area contributed by atoms with Crippen LogP contribution in [0.25, 0.3) is 0 Å². The summed E-state index contributed by atoms with van der Waals surface area (Å²) in [6, 6.07) is 16.5. The molecule has 2 nitrogen and oxygen atoms in total. The molecule has 1 heterocycles. The Bertz CT molecular complexity index is 776. The summed E-state index contributed by atoms with van der Waals surface area (Å²) in [5, 5.41) is 1.73. The molecule has 25 heavy (non-hydrogen) atoms. The van der Waals surface area contributed by atoms with Gasteiger partial charge in [0.1, 0.15) is 0 Å². The fourth-order valence-corrected chi connectivity index (χ4v) is 4.16. The summed E-state index contributed by atoms with van der Waals surface area (Å²) in [6.07, 6.45) is 7.94. The van der Waals surface area contributed by atoms with Gasteiger partial charge in [-0.2, -0.15) is 11.8 Å². The van der Waals surface area contributed by atoms with Crippen molar-refractivity contribution in [3.05, 3.63) is 88.4 Å². The van der Waals surface area contributed by atoms with Gasteiger partial charge in [-0.05, 0) is 36.1 Å². The van der Waals surface area contributed by atoms with Crippen molar-refractivity contribution < 1.29 is 0 Å². The summed E-state index contributed by atoms with van der Waals surface area (Å²) in [6.45, 7) is 0.957. The number of hydrogen-bond acceptors (Lipinski definition) is 2. The Kier molecular flexibility index (Phi) is 6.85. The molecule has 0 spiro atoms. The Balaban J connectivity index is 1.61. The predicted molar refractivity (Wildman–Crippen MR) is 109 cm³/mol. The molecule has 1 unspecified atom stereocenters. The van der Waals surface area contributed by atoms with E-state index in [-0.39, 0.29) is 0 Å². The van der Waals surface area contributed by atoms with Gasteiger partial charge in [0.05, 0.1) is 16.4 Å². The van der Waals surface area contributed by atoms with Gasteiger partial charge < -0.3 is 4.57 Å². The van der Waals surface area contributed by atoms with E-state index in [9.17, 15) is 0 Å². The SMILES string of the molecule is Clc1ccc(CSC(CCc2ccccc2)Cn2ccnc2)cc1Cl. The van der Waals surface area contributed by atoms with E-state index in [1.165, 1.54) is 11.1 Å². The van der Waals surface area contributed by atoms with Crippen molar-refractivity contribution in [2.75, 3.05) is 0 Å². The van der Waals surface area contributed by atoms with Crippen LogP contribution in [-0.4, -0.2) is 14.8 Å². The summed E-state index contributed by atoms with van der Waals surface area (Å²) in [7, 11) is 0. The average molecular weight is 391 g/mol. The smallest absolute Gasteiger partial charge is 0.0946 e. The molecule has 0 fully saturated rings. The van der Waals surface area contributed by atoms with Gasteiger partial charge in [-0.25, -0.2) is 4.98 Å². The Hall–Kier alpha value is -1.42. The molecule has 0 bridgehead atoms. The second kappa shape index (κ2) is 9.33. The Morgan fingerprint density at radius 3 is 2.56 bits per heavy atom. The number of thioether (sulfide) groups is 1. The van der Waals surface area contributed by atoms with Crippen molar-refractivity contribution >= 4 is 35.0 Å². The predicted octanol–water partition coefficient (Wildman–Crippen LogP) is 6.12. The van der Waals surface area contributed by atoms with E-state index in [2.05, 4.69) is 39.9 Å². The molecular weight excluding hydrogens is 371 g/mol. The Morgan fingerprint density at radius 2 is 1.84 bits per heavy atom. The third kappa shape index (κ3) is 5.81. The first-order valence-electron chi connectivity index (χ1n) is 8.26. The Labute approximate surface area is 163 Å². The molecule has 0 aliphatic carbocycles. The highest BCUT2D eigenvalue weighted by atomic mass is 35.5. The molecular formula is C20H20Cl2N2S. The molecule has 1 aromatic heterocycles.